The highest BCUT2D eigenvalue weighted by Crippen LogP contribution is 2.30. The Morgan fingerprint density at radius 2 is 2.07 bits per heavy atom. The van der Waals surface area contributed by atoms with Crippen molar-refractivity contribution in [1.29, 1.82) is 0 Å². The fourth-order valence-corrected chi connectivity index (χ4v) is 2.36. The molecular weight excluding hydrogens is 350 g/mol. The van der Waals surface area contributed by atoms with Gasteiger partial charge in [0.2, 0.25) is 0 Å². The van der Waals surface area contributed by atoms with Crippen LogP contribution in [-0.2, 0) is 11.3 Å². The minimum Gasteiger partial charge on any atom is -0.476 e. The normalized spacial score (nSPS) is 10.6. The van der Waals surface area contributed by atoms with Crippen LogP contribution >= 0.6 is 0 Å². The van der Waals surface area contributed by atoms with Gasteiger partial charge in [0.1, 0.15) is 6.61 Å². The molecule has 1 aromatic carbocycles. The lowest BCUT2D eigenvalue weighted by atomic mass is 10.1. The van der Waals surface area contributed by atoms with Gasteiger partial charge in [-0.15, -0.1) is 0 Å². The minimum absolute atomic E-state index is 0.0162. The van der Waals surface area contributed by atoms with Crippen LogP contribution in [0.25, 0.3) is 6.08 Å². The fraction of sp³-hybridized carbons (Fsp3) is 0.263. The third kappa shape index (κ3) is 5.81. The van der Waals surface area contributed by atoms with Gasteiger partial charge < -0.3 is 14.8 Å². The molecule has 1 amide bonds. The average molecular weight is 371 g/mol. The van der Waals surface area contributed by atoms with Crippen molar-refractivity contribution in [2.75, 3.05) is 13.7 Å². The second-order valence-corrected chi connectivity index (χ2v) is 5.63. The highest BCUT2D eigenvalue weighted by molar-refractivity contribution is 5.67. The van der Waals surface area contributed by atoms with Gasteiger partial charge in [-0.2, -0.15) is 0 Å². The second kappa shape index (κ2) is 9.91. The summed E-state index contributed by atoms with van der Waals surface area (Å²) < 4.78 is 10.0. The van der Waals surface area contributed by atoms with E-state index in [0.29, 0.717) is 24.1 Å². The zero-order chi connectivity index (χ0) is 19.6. The quantitative estimate of drug-likeness (QED) is 0.432. The summed E-state index contributed by atoms with van der Waals surface area (Å²) in [6, 6.07) is 9.40. The Bertz CT molecular complexity index is 822. The minimum atomic E-state index is -0.511. The smallest absolute Gasteiger partial charge is 0.407 e. The van der Waals surface area contributed by atoms with Crippen LogP contribution in [0, 0.1) is 17.0 Å². The van der Waals surface area contributed by atoms with Gasteiger partial charge in [-0.25, -0.2) is 9.78 Å². The van der Waals surface area contributed by atoms with E-state index in [2.05, 4.69) is 10.3 Å². The number of ether oxygens (including phenoxy) is 2. The van der Waals surface area contributed by atoms with E-state index in [-0.39, 0.29) is 18.2 Å². The first-order valence-corrected chi connectivity index (χ1v) is 8.32. The van der Waals surface area contributed by atoms with Crippen LogP contribution in [0.4, 0.5) is 10.5 Å². The van der Waals surface area contributed by atoms with Crippen LogP contribution in [0.5, 0.6) is 5.88 Å². The Morgan fingerprint density at radius 1 is 1.33 bits per heavy atom. The number of rotatable bonds is 8. The molecule has 8 heteroatoms. The Kier molecular flexibility index (Phi) is 7.30. The molecule has 0 fully saturated rings. The zero-order valence-electron chi connectivity index (χ0n) is 15.2. The van der Waals surface area contributed by atoms with Gasteiger partial charge in [-0.3, -0.25) is 10.1 Å². The van der Waals surface area contributed by atoms with Crippen LogP contribution < -0.4 is 10.1 Å². The molecule has 0 aliphatic heterocycles. The van der Waals surface area contributed by atoms with Gasteiger partial charge in [0.15, 0.2) is 0 Å². The molecule has 1 aromatic heterocycles. The summed E-state index contributed by atoms with van der Waals surface area (Å²) in [4.78, 5) is 26.3. The molecule has 2 aromatic rings. The summed E-state index contributed by atoms with van der Waals surface area (Å²) in [7, 11) is 1.34. The highest BCUT2D eigenvalue weighted by Gasteiger charge is 2.21. The summed E-state index contributed by atoms with van der Waals surface area (Å²) in [5.74, 6) is -0.0162. The van der Waals surface area contributed by atoms with E-state index >= 15 is 0 Å². The number of pyridine rings is 1. The van der Waals surface area contributed by atoms with Gasteiger partial charge in [-0.05, 0) is 18.9 Å². The molecule has 0 spiro atoms. The van der Waals surface area contributed by atoms with Gasteiger partial charge in [0.05, 0.1) is 12.0 Å². The number of carbonyl (C=O) groups is 1. The number of nitro groups is 1. The molecule has 8 nitrogen and oxygen atoms in total. The predicted octanol–water partition coefficient (Wildman–Crippen LogP) is 3.64. The number of hydrogen-bond acceptors (Lipinski definition) is 6. The van der Waals surface area contributed by atoms with Crippen molar-refractivity contribution in [2.45, 2.75) is 20.0 Å². The molecule has 0 aliphatic rings. The lowest BCUT2D eigenvalue weighted by Crippen LogP contribution is -2.24. The van der Waals surface area contributed by atoms with E-state index in [1.54, 1.807) is 19.1 Å². The molecule has 0 saturated heterocycles. The van der Waals surface area contributed by atoms with Crippen LogP contribution in [0.3, 0.4) is 0 Å². The summed E-state index contributed by atoms with van der Waals surface area (Å²) in [6.07, 6.45) is 5.09. The third-order valence-electron chi connectivity index (χ3n) is 3.78. The van der Waals surface area contributed by atoms with E-state index < -0.39 is 11.0 Å². The molecule has 0 atom stereocenters. The molecule has 27 heavy (non-hydrogen) atoms. The molecule has 1 N–H and O–H groups in total. The summed E-state index contributed by atoms with van der Waals surface area (Å²) >= 11 is 0. The topological polar surface area (TPSA) is 104 Å². The number of carbonyl (C=O) groups excluding carboxylic acids is 1. The summed E-state index contributed by atoms with van der Waals surface area (Å²) in [5, 5.41) is 13.8. The van der Waals surface area contributed by atoms with Crippen LogP contribution in [-0.4, -0.2) is 29.7 Å². The molecule has 0 saturated carbocycles. The number of amides is 1. The Hall–Kier alpha value is -3.42. The van der Waals surface area contributed by atoms with E-state index in [0.717, 1.165) is 5.56 Å². The molecule has 142 valence electrons. The number of hydrogen-bond donors (Lipinski definition) is 1. The highest BCUT2D eigenvalue weighted by atomic mass is 16.6. The number of nitrogens with one attached hydrogen (secondary N) is 1. The first-order valence-electron chi connectivity index (χ1n) is 8.32. The fourth-order valence-electron chi connectivity index (χ4n) is 2.36. The molecule has 2 rings (SSSR count). The van der Waals surface area contributed by atoms with Crippen LogP contribution in [0.1, 0.15) is 23.1 Å². The number of methoxy groups -OCH3 is 1. The van der Waals surface area contributed by atoms with Gasteiger partial charge in [-0.1, -0.05) is 42.5 Å². The van der Waals surface area contributed by atoms with Crippen LogP contribution in [0.2, 0.25) is 0 Å². The second-order valence-electron chi connectivity index (χ2n) is 5.63. The maximum Gasteiger partial charge on any atom is 0.407 e. The Balaban J connectivity index is 1.81. The molecule has 0 radical (unpaired) electrons. The van der Waals surface area contributed by atoms with Crippen molar-refractivity contribution in [2.24, 2.45) is 0 Å². The maximum absolute atomic E-state index is 11.6. The standard InChI is InChI=1S/C19H21N3O5/c1-14-16(12-21-18(26-2)17(14)22(24)25)10-6-7-11-20-19(23)27-13-15-8-4-3-5-9-15/h3-6,8-10,12H,7,11,13H2,1-2H3,(H,20,23). The zero-order valence-corrected chi connectivity index (χ0v) is 15.2. The molecule has 0 aliphatic carbocycles. The van der Waals surface area contributed by atoms with Crippen molar-refractivity contribution >= 4 is 17.9 Å². The average Bonchev–Trinajstić information content (AvgIpc) is 2.67. The summed E-state index contributed by atoms with van der Waals surface area (Å²) in [5.41, 5.74) is 1.85. The first kappa shape index (κ1) is 19.9. The Labute approximate surface area is 157 Å². The number of nitrogens with zero attached hydrogens (tertiary/aromatic N) is 2. The van der Waals surface area contributed by atoms with E-state index in [9.17, 15) is 14.9 Å². The first-order chi connectivity index (χ1) is 13.0. The largest absolute Gasteiger partial charge is 0.476 e. The lowest BCUT2D eigenvalue weighted by molar-refractivity contribution is -0.386. The summed E-state index contributed by atoms with van der Waals surface area (Å²) in [6.45, 7) is 2.24. The van der Waals surface area contributed by atoms with Crippen molar-refractivity contribution < 1.29 is 19.2 Å². The van der Waals surface area contributed by atoms with Crippen molar-refractivity contribution in [1.82, 2.24) is 10.3 Å². The van der Waals surface area contributed by atoms with Crippen LogP contribution in [0.15, 0.2) is 42.6 Å². The van der Waals surface area contributed by atoms with Crippen molar-refractivity contribution in [3.8, 4) is 5.88 Å². The molecule has 1 heterocycles. The number of alkyl carbamates (subject to hydrolysis) is 1. The van der Waals surface area contributed by atoms with E-state index in [4.69, 9.17) is 9.47 Å². The molecule has 0 unspecified atom stereocenters. The maximum atomic E-state index is 11.6. The van der Waals surface area contributed by atoms with Gasteiger partial charge in [0, 0.05) is 23.9 Å². The van der Waals surface area contributed by atoms with Crippen molar-refractivity contribution in [3.63, 3.8) is 0 Å². The number of benzene rings is 1. The molecular formula is C19H21N3O5. The predicted molar refractivity (Wildman–Crippen MR) is 100 cm³/mol. The van der Waals surface area contributed by atoms with Gasteiger partial charge in [0.25, 0.3) is 5.88 Å². The molecule has 0 bridgehead atoms. The SMILES string of the molecule is COc1ncc(C=CCCNC(=O)OCc2ccccc2)c(C)c1[N+](=O)[O-]. The number of aromatic nitrogens is 1. The van der Waals surface area contributed by atoms with Gasteiger partial charge >= 0.3 is 11.8 Å². The van der Waals surface area contributed by atoms with E-state index in [1.165, 1.54) is 13.3 Å². The van der Waals surface area contributed by atoms with Crippen molar-refractivity contribution in [3.05, 3.63) is 69.4 Å². The third-order valence-corrected chi connectivity index (χ3v) is 3.78. The Morgan fingerprint density at radius 3 is 2.74 bits per heavy atom. The monoisotopic (exact) mass is 371 g/mol. The lowest BCUT2D eigenvalue weighted by Gasteiger charge is -2.06. The van der Waals surface area contributed by atoms with E-state index in [1.807, 2.05) is 30.3 Å².